The molecule has 1 fully saturated rings. The van der Waals surface area contributed by atoms with E-state index in [1.807, 2.05) is 4.68 Å². The largest absolute Gasteiger partial charge is 0.331 e. The van der Waals surface area contributed by atoms with Crippen LogP contribution in [0.2, 0.25) is 0 Å². The summed E-state index contributed by atoms with van der Waals surface area (Å²) in [5.74, 6) is 1.04. The lowest BCUT2D eigenvalue weighted by atomic mass is 9.99. The Kier molecular flexibility index (Phi) is 4.82. The van der Waals surface area contributed by atoms with Gasteiger partial charge in [0.15, 0.2) is 0 Å². The van der Waals surface area contributed by atoms with E-state index >= 15 is 0 Å². The van der Waals surface area contributed by atoms with Crippen LogP contribution in [0.4, 0.5) is 0 Å². The molecule has 0 unspecified atom stereocenters. The topological polar surface area (TPSA) is 87.1 Å². The van der Waals surface area contributed by atoms with Crippen LogP contribution in [-0.4, -0.2) is 55.1 Å². The first-order chi connectivity index (χ1) is 13.0. The predicted octanol–water partition coefficient (Wildman–Crippen LogP) is 1.16. The number of piperidine rings is 1. The Morgan fingerprint density at radius 3 is 2.78 bits per heavy atom. The summed E-state index contributed by atoms with van der Waals surface area (Å²) in [6, 6.07) is 2.09. The first-order valence-corrected chi connectivity index (χ1v) is 9.63. The van der Waals surface area contributed by atoms with Gasteiger partial charge < -0.3 is 9.88 Å². The van der Waals surface area contributed by atoms with Crippen LogP contribution >= 0.6 is 0 Å². The molecular formula is C19H26N6O2. The molecule has 1 N–H and O–H groups in total. The Morgan fingerprint density at radius 1 is 1.26 bits per heavy atom. The van der Waals surface area contributed by atoms with Crippen molar-refractivity contribution >= 4 is 5.91 Å². The third-order valence-electron chi connectivity index (χ3n) is 5.55. The Labute approximate surface area is 158 Å². The molecule has 1 amide bonds. The van der Waals surface area contributed by atoms with Crippen molar-refractivity contribution < 1.29 is 4.79 Å². The van der Waals surface area contributed by atoms with E-state index in [9.17, 15) is 9.59 Å². The molecule has 0 aromatic carbocycles. The molecular weight excluding hydrogens is 344 g/mol. The summed E-state index contributed by atoms with van der Waals surface area (Å²) >= 11 is 0. The van der Waals surface area contributed by atoms with Crippen molar-refractivity contribution in [2.24, 2.45) is 5.92 Å². The minimum Gasteiger partial charge on any atom is -0.331 e. The minimum atomic E-state index is -0.383. The van der Waals surface area contributed by atoms with Crippen LogP contribution in [0.3, 0.4) is 0 Å². The molecule has 2 aliphatic heterocycles. The molecule has 0 aliphatic carbocycles. The predicted molar refractivity (Wildman–Crippen MR) is 100 cm³/mol. The maximum atomic E-state index is 12.7. The van der Waals surface area contributed by atoms with Crippen LogP contribution in [0.15, 0.2) is 17.1 Å². The summed E-state index contributed by atoms with van der Waals surface area (Å²) in [6.45, 7) is 8.77. The number of amides is 1. The molecule has 0 atom stereocenters. The van der Waals surface area contributed by atoms with E-state index in [-0.39, 0.29) is 17.0 Å². The van der Waals surface area contributed by atoms with Gasteiger partial charge in [0.25, 0.3) is 11.5 Å². The summed E-state index contributed by atoms with van der Waals surface area (Å²) in [5.41, 5.74) is 1.79. The number of carbonyl (C=O) groups is 1. The lowest BCUT2D eigenvalue weighted by Gasteiger charge is -2.29. The molecule has 2 aromatic heterocycles. The number of hydrogen-bond acceptors (Lipinski definition) is 5. The van der Waals surface area contributed by atoms with Crippen molar-refractivity contribution in [2.45, 2.75) is 46.3 Å². The number of nitrogens with zero attached hydrogens (tertiary/aromatic N) is 5. The highest BCUT2D eigenvalue weighted by molar-refractivity contribution is 5.93. The van der Waals surface area contributed by atoms with E-state index in [0.717, 1.165) is 36.9 Å². The van der Waals surface area contributed by atoms with Crippen molar-refractivity contribution in [3.8, 4) is 0 Å². The normalized spacial score (nSPS) is 18.5. The zero-order valence-corrected chi connectivity index (χ0v) is 15.9. The van der Waals surface area contributed by atoms with Gasteiger partial charge >= 0.3 is 0 Å². The molecule has 27 heavy (non-hydrogen) atoms. The first kappa shape index (κ1) is 17.9. The van der Waals surface area contributed by atoms with Crippen LogP contribution in [-0.2, 0) is 19.6 Å². The molecule has 8 nitrogen and oxygen atoms in total. The molecule has 0 spiro atoms. The number of aromatic amines is 1. The highest BCUT2D eigenvalue weighted by Crippen LogP contribution is 2.20. The van der Waals surface area contributed by atoms with Gasteiger partial charge in [0, 0.05) is 19.3 Å². The number of hydrogen-bond donors (Lipinski definition) is 1. The average molecular weight is 370 g/mol. The van der Waals surface area contributed by atoms with Gasteiger partial charge in [-0.05, 0) is 44.8 Å². The zero-order valence-electron chi connectivity index (χ0n) is 15.9. The van der Waals surface area contributed by atoms with Gasteiger partial charge in [0.2, 0.25) is 0 Å². The molecule has 1 saturated heterocycles. The SMILES string of the molecule is Cc1ncc(C(=O)N2CCn3nc(CN4CCC(C)CC4)cc3C2)c(=O)[nH]1. The lowest BCUT2D eigenvalue weighted by Crippen LogP contribution is -2.40. The van der Waals surface area contributed by atoms with Crippen LogP contribution in [0.25, 0.3) is 0 Å². The fourth-order valence-corrected chi connectivity index (χ4v) is 3.83. The summed E-state index contributed by atoms with van der Waals surface area (Å²) in [7, 11) is 0. The number of carbonyl (C=O) groups excluding carboxylic acids is 1. The number of aryl methyl sites for hydroxylation is 1. The van der Waals surface area contributed by atoms with Gasteiger partial charge in [-0.15, -0.1) is 0 Å². The standard InChI is InChI=1S/C19H26N6O2/c1-13-3-5-23(6-4-13)11-15-9-16-12-24(7-8-25(16)22-15)19(27)17-10-20-14(2)21-18(17)26/h9-10,13H,3-8,11-12H2,1-2H3,(H,20,21,26). The van der Waals surface area contributed by atoms with Crippen LogP contribution in [0, 0.1) is 12.8 Å². The minimum absolute atomic E-state index is 0.0937. The van der Waals surface area contributed by atoms with E-state index in [0.29, 0.717) is 25.5 Å². The van der Waals surface area contributed by atoms with Gasteiger partial charge in [0.1, 0.15) is 11.4 Å². The number of aromatic nitrogens is 4. The maximum Gasteiger partial charge on any atom is 0.263 e. The molecule has 0 radical (unpaired) electrons. The second-order valence-corrected chi connectivity index (χ2v) is 7.75. The number of likely N-dealkylation sites (tertiary alicyclic amines) is 1. The van der Waals surface area contributed by atoms with Crippen LogP contribution in [0.5, 0.6) is 0 Å². The van der Waals surface area contributed by atoms with Gasteiger partial charge in [-0.25, -0.2) is 4.98 Å². The van der Waals surface area contributed by atoms with E-state index < -0.39 is 0 Å². The highest BCUT2D eigenvalue weighted by atomic mass is 16.2. The molecule has 2 aromatic rings. The first-order valence-electron chi connectivity index (χ1n) is 9.63. The quantitative estimate of drug-likeness (QED) is 0.876. The third kappa shape index (κ3) is 3.80. The molecule has 0 saturated carbocycles. The number of fused-ring (bicyclic) bond motifs is 1. The third-order valence-corrected chi connectivity index (χ3v) is 5.55. The summed E-state index contributed by atoms with van der Waals surface area (Å²) in [6.07, 6.45) is 3.86. The van der Waals surface area contributed by atoms with Crippen molar-refractivity contribution in [1.82, 2.24) is 29.5 Å². The zero-order chi connectivity index (χ0) is 19.0. The van der Waals surface area contributed by atoms with Gasteiger partial charge in [0.05, 0.1) is 24.5 Å². The fourth-order valence-electron chi connectivity index (χ4n) is 3.83. The van der Waals surface area contributed by atoms with Crippen molar-refractivity contribution in [3.05, 3.63) is 45.4 Å². The second kappa shape index (κ2) is 7.26. The fraction of sp³-hybridized carbons (Fsp3) is 0.579. The van der Waals surface area contributed by atoms with E-state index in [1.165, 1.54) is 19.0 Å². The van der Waals surface area contributed by atoms with Gasteiger partial charge in [-0.1, -0.05) is 6.92 Å². The van der Waals surface area contributed by atoms with E-state index in [1.54, 1.807) is 11.8 Å². The van der Waals surface area contributed by atoms with Crippen LogP contribution in [0.1, 0.15) is 47.3 Å². The smallest absolute Gasteiger partial charge is 0.263 e. The van der Waals surface area contributed by atoms with Crippen molar-refractivity contribution in [1.29, 1.82) is 0 Å². The monoisotopic (exact) mass is 370 g/mol. The van der Waals surface area contributed by atoms with Crippen molar-refractivity contribution in [2.75, 3.05) is 19.6 Å². The summed E-state index contributed by atoms with van der Waals surface area (Å²) in [5, 5.41) is 4.72. The molecule has 2 aliphatic rings. The lowest BCUT2D eigenvalue weighted by molar-refractivity contribution is 0.0703. The number of H-pyrrole nitrogens is 1. The summed E-state index contributed by atoms with van der Waals surface area (Å²) in [4.78, 5) is 35.6. The Hall–Kier alpha value is -2.48. The average Bonchev–Trinajstić information content (AvgIpc) is 3.04. The Bertz CT molecular complexity index is 894. The molecule has 144 valence electrons. The van der Waals surface area contributed by atoms with Crippen molar-refractivity contribution in [3.63, 3.8) is 0 Å². The molecule has 8 heteroatoms. The number of rotatable bonds is 3. The van der Waals surface area contributed by atoms with Gasteiger partial charge in [-0.2, -0.15) is 5.10 Å². The van der Waals surface area contributed by atoms with Crippen LogP contribution < -0.4 is 5.56 Å². The van der Waals surface area contributed by atoms with E-state index in [2.05, 4.69) is 27.9 Å². The number of nitrogens with one attached hydrogen (secondary N) is 1. The van der Waals surface area contributed by atoms with Gasteiger partial charge in [-0.3, -0.25) is 19.2 Å². The molecule has 0 bridgehead atoms. The summed E-state index contributed by atoms with van der Waals surface area (Å²) < 4.78 is 1.99. The Balaban J connectivity index is 1.44. The molecule has 4 heterocycles. The highest BCUT2D eigenvalue weighted by Gasteiger charge is 2.26. The van der Waals surface area contributed by atoms with E-state index in [4.69, 9.17) is 5.10 Å². The Morgan fingerprint density at radius 2 is 2.04 bits per heavy atom. The maximum absolute atomic E-state index is 12.7. The molecule has 4 rings (SSSR count). The second-order valence-electron chi connectivity index (χ2n) is 7.75.